The average molecular weight is 353 g/mol. The van der Waals surface area contributed by atoms with Crippen molar-refractivity contribution in [3.8, 4) is 0 Å². The van der Waals surface area contributed by atoms with Gasteiger partial charge in [0.15, 0.2) is 0 Å². The van der Waals surface area contributed by atoms with Gasteiger partial charge in [0.1, 0.15) is 0 Å². The Balaban J connectivity index is 1.64. The fraction of sp³-hybridized carbons (Fsp3) is 0.529. The largest absolute Gasteiger partial charge is 0.343 e. The van der Waals surface area contributed by atoms with Gasteiger partial charge < -0.3 is 10.2 Å². The van der Waals surface area contributed by atoms with Crippen LogP contribution in [0.1, 0.15) is 38.5 Å². The molecule has 0 aliphatic carbocycles. The summed E-state index contributed by atoms with van der Waals surface area (Å²) in [5, 5.41) is 3.10. The van der Waals surface area contributed by atoms with E-state index in [4.69, 9.17) is 11.6 Å². The molecule has 1 fully saturated rings. The standard InChI is InChI=1S/C17H21ClN2O2S/c18-12-6-7-14-13(10-12)19-17(22)15(23-14)11-16(21)20-8-4-2-1-3-5-9-20/h6-7,10,15H,1-5,8-9,11H2,(H,19,22)/t15-/m0/s1. The zero-order chi connectivity index (χ0) is 16.2. The van der Waals surface area contributed by atoms with Gasteiger partial charge in [0.2, 0.25) is 11.8 Å². The van der Waals surface area contributed by atoms with Crippen molar-refractivity contribution in [1.29, 1.82) is 0 Å². The van der Waals surface area contributed by atoms with Gasteiger partial charge in [-0.2, -0.15) is 0 Å². The van der Waals surface area contributed by atoms with Crippen molar-refractivity contribution in [2.24, 2.45) is 0 Å². The van der Waals surface area contributed by atoms with Gasteiger partial charge in [0.05, 0.1) is 10.9 Å². The Morgan fingerprint density at radius 1 is 1.22 bits per heavy atom. The third-order valence-corrected chi connectivity index (χ3v) is 5.84. The maximum absolute atomic E-state index is 12.6. The number of rotatable bonds is 2. The molecule has 0 saturated carbocycles. The van der Waals surface area contributed by atoms with Crippen LogP contribution in [-0.4, -0.2) is 35.1 Å². The van der Waals surface area contributed by atoms with E-state index in [2.05, 4.69) is 5.32 Å². The number of fused-ring (bicyclic) bond motifs is 1. The highest BCUT2D eigenvalue weighted by Crippen LogP contribution is 2.38. The first-order valence-electron chi connectivity index (χ1n) is 8.18. The van der Waals surface area contributed by atoms with Crippen molar-refractivity contribution < 1.29 is 9.59 Å². The van der Waals surface area contributed by atoms with Gasteiger partial charge in [-0.15, -0.1) is 11.8 Å². The highest BCUT2D eigenvalue weighted by atomic mass is 35.5. The Labute approximate surface area is 145 Å². The molecule has 2 heterocycles. The van der Waals surface area contributed by atoms with E-state index in [1.807, 2.05) is 17.0 Å². The summed E-state index contributed by atoms with van der Waals surface area (Å²) in [6.45, 7) is 1.65. The Morgan fingerprint density at radius 2 is 1.91 bits per heavy atom. The number of likely N-dealkylation sites (tertiary alicyclic amines) is 1. The van der Waals surface area contributed by atoms with Crippen LogP contribution in [0.15, 0.2) is 23.1 Å². The third-order valence-electron chi connectivity index (χ3n) is 4.33. The van der Waals surface area contributed by atoms with Crippen molar-refractivity contribution in [2.45, 2.75) is 48.7 Å². The topological polar surface area (TPSA) is 49.4 Å². The van der Waals surface area contributed by atoms with E-state index in [0.717, 1.165) is 36.5 Å². The minimum Gasteiger partial charge on any atom is -0.343 e. The van der Waals surface area contributed by atoms with Crippen LogP contribution < -0.4 is 5.32 Å². The number of hydrogen-bond donors (Lipinski definition) is 1. The molecule has 1 aromatic rings. The van der Waals surface area contributed by atoms with Gasteiger partial charge in [0.25, 0.3) is 0 Å². The summed E-state index contributed by atoms with van der Waals surface area (Å²) in [5.41, 5.74) is 0.738. The van der Waals surface area contributed by atoms with Gasteiger partial charge in [-0.25, -0.2) is 0 Å². The smallest absolute Gasteiger partial charge is 0.238 e. The molecule has 1 N–H and O–H groups in total. The van der Waals surface area contributed by atoms with Gasteiger partial charge in [-0.05, 0) is 31.0 Å². The minimum absolute atomic E-state index is 0.0944. The lowest BCUT2D eigenvalue weighted by Gasteiger charge is -2.28. The van der Waals surface area contributed by atoms with E-state index >= 15 is 0 Å². The van der Waals surface area contributed by atoms with E-state index in [1.165, 1.54) is 31.0 Å². The highest BCUT2D eigenvalue weighted by Gasteiger charge is 2.30. The van der Waals surface area contributed by atoms with Gasteiger partial charge in [0, 0.05) is 29.4 Å². The molecule has 2 aliphatic rings. The summed E-state index contributed by atoms with van der Waals surface area (Å²) in [7, 11) is 0. The lowest BCUT2D eigenvalue weighted by molar-refractivity contribution is -0.133. The van der Waals surface area contributed by atoms with Crippen LogP contribution in [0.3, 0.4) is 0 Å². The average Bonchev–Trinajstić information content (AvgIpc) is 2.47. The summed E-state index contributed by atoms with van der Waals surface area (Å²) in [6, 6.07) is 5.45. The van der Waals surface area contributed by atoms with Crippen molar-refractivity contribution in [1.82, 2.24) is 4.90 Å². The first-order chi connectivity index (χ1) is 11.1. The van der Waals surface area contributed by atoms with Crippen LogP contribution in [0.25, 0.3) is 0 Å². The normalized spacial score (nSPS) is 21.9. The maximum atomic E-state index is 12.6. The lowest BCUT2D eigenvalue weighted by Crippen LogP contribution is -2.38. The summed E-state index contributed by atoms with van der Waals surface area (Å²) in [5.74, 6) is -0.0119. The number of thioether (sulfide) groups is 1. The van der Waals surface area contributed by atoms with Crippen LogP contribution >= 0.6 is 23.4 Å². The van der Waals surface area contributed by atoms with Crippen molar-refractivity contribution in [3.05, 3.63) is 23.2 Å². The third kappa shape index (κ3) is 4.21. The number of hydrogen-bond acceptors (Lipinski definition) is 3. The predicted molar refractivity (Wildman–Crippen MR) is 94.0 cm³/mol. The van der Waals surface area contributed by atoms with Crippen LogP contribution in [0, 0.1) is 0 Å². The molecule has 1 aromatic carbocycles. The van der Waals surface area contributed by atoms with E-state index < -0.39 is 0 Å². The molecular weight excluding hydrogens is 332 g/mol. The molecule has 1 saturated heterocycles. The SMILES string of the molecule is O=C1Nc2cc(Cl)ccc2S[C@H]1CC(=O)N1CCCCCCC1. The molecule has 3 rings (SSSR count). The molecule has 2 aliphatic heterocycles. The lowest BCUT2D eigenvalue weighted by atomic mass is 10.1. The predicted octanol–water partition coefficient (Wildman–Crippen LogP) is 3.94. The highest BCUT2D eigenvalue weighted by molar-refractivity contribution is 8.01. The quantitative estimate of drug-likeness (QED) is 0.877. The van der Waals surface area contributed by atoms with E-state index in [1.54, 1.807) is 6.07 Å². The first kappa shape index (κ1) is 16.7. The molecule has 6 heteroatoms. The van der Waals surface area contributed by atoms with Crippen molar-refractivity contribution in [2.75, 3.05) is 18.4 Å². The summed E-state index contributed by atoms with van der Waals surface area (Å²) in [4.78, 5) is 27.7. The number of nitrogens with zero attached hydrogens (tertiary/aromatic N) is 1. The molecule has 124 valence electrons. The zero-order valence-electron chi connectivity index (χ0n) is 13.0. The van der Waals surface area contributed by atoms with E-state index in [0.29, 0.717) is 5.02 Å². The first-order valence-corrected chi connectivity index (χ1v) is 9.44. The zero-order valence-corrected chi connectivity index (χ0v) is 14.6. The van der Waals surface area contributed by atoms with Crippen molar-refractivity contribution in [3.63, 3.8) is 0 Å². The van der Waals surface area contributed by atoms with Crippen LogP contribution in [0.4, 0.5) is 5.69 Å². The molecule has 2 amide bonds. The molecule has 0 radical (unpaired) electrons. The second-order valence-corrected chi connectivity index (χ2v) is 7.77. The van der Waals surface area contributed by atoms with Crippen LogP contribution in [0.2, 0.25) is 5.02 Å². The number of halogens is 1. The molecule has 23 heavy (non-hydrogen) atoms. The Kier molecular flexibility index (Phi) is 5.49. The molecular formula is C17H21ClN2O2S. The number of amides is 2. The second-order valence-electron chi connectivity index (χ2n) is 6.09. The summed E-state index contributed by atoms with van der Waals surface area (Å²) >= 11 is 7.41. The van der Waals surface area contributed by atoms with E-state index in [9.17, 15) is 9.59 Å². The summed E-state index contributed by atoms with van der Waals surface area (Å²) < 4.78 is 0. The molecule has 0 bridgehead atoms. The molecule has 0 spiro atoms. The minimum atomic E-state index is -0.360. The molecule has 0 aromatic heterocycles. The van der Waals surface area contributed by atoms with Gasteiger partial charge >= 0.3 is 0 Å². The number of carbonyl (C=O) groups excluding carboxylic acids is 2. The molecule has 1 atom stereocenters. The fourth-order valence-electron chi connectivity index (χ4n) is 3.04. The van der Waals surface area contributed by atoms with Crippen LogP contribution in [0.5, 0.6) is 0 Å². The molecule has 4 nitrogen and oxygen atoms in total. The number of anilines is 1. The van der Waals surface area contributed by atoms with E-state index in [-0.39, 0.29) is 23.5 Å². The Hall–Kier alpha value is -1.20. The fourth-order valence-corrected chi connectivity index (χ4v) is 4.30. The van der Waals surface area contributed by atoms with Crippen LogP contribution in [-0.2, 0) is 9.59 Å². The maximum Gasteiger partial charge on any atom is 0.238 e. The Morgan fingerprint density at radius 3 is 2.65 bits per heavy atom. The number of carbonyl (C=O) groups is 2. The van der Waals surface area contributed by atoms with Gasteiger partial charge in [-0.1, -0.05) is 30.9 Å². The number of nitrogens with one attached hydrogen (secondary N) is 1. The molecule has 0 unspecified atom stereocenters. The van der Waals surface area contributed by atoms with Gasteiger partial charge in [-0.3, -0.25) is 9.59 Å². The Bertz CT molecular complexity index is 600. The summed E-state index contributed by atoms with van der Waals surface area (Å²) in [6.07, 6.45) is 6.04. The van der Waals surface area contributed by atoms with Crippen molar-refractivity contribution >= 4 is 40.9 Å². The number of benzene rings is 1. The monoisotopic (exact) mass is 352 g/mol. The second kappa shape index (κ2) is 7.58.